The fourth-order valence-corrected chi connectivity index (χ4v) is 1.36. The number of carboxylic acids is 1. The second-order valence-electron chi connectivity index (χ2n) is 2.98. The van der Waals surface area contributed by atoms with E-state index in [9.17, 15) is 9.36 Å². The topological polar surface area (TPSA) is 165 Å². The highest BCUT2D eigenvalue weighted by Gasteiger charge is 2.31. The molecule has 0 aliphatic heterocycles. The Bertz CT molecular complexity index is 273. The molecule has 0 aromatic rings. The monoisotopic (exact) mass is 260 g/mol. The van der Waals surface area contributed by atoms with Gasteiger partial charge in [-0.25, -0.2) is 9.36 Å². The van der Waals surface area contributed by atoms with Gasteiger partial charge in [0, 0.05) is 6.42 Å². The molecule has 0 aliphatic carbocycles. The number of hydrogen-bond acceptors (Lipinski definition) is 6. The fourth-order valence-electron chi connectivity index (χ4n) is 0.853. The first-order valence-corrected chi connectivity index (χ1v) is 5.64. The molecule has 0 radical (unpaired) electrons. The van der Waals surface area contributed by atoms with Gasteiger partial charge < -0.3 is 30.2 Å². The number of carboxylic acid groups (broad SMARTS) is 1. The van der Waals surface area contributed by atoms with Crippen molar-refractivity contribution in [2.24, 2.45) is 0 Å². The summed E-state index contributed by atoms with van der Waals surface area (Å²) in [5, 5.41) is 35.0. The van der Waals surface area contributed by atoms with Crippen LogP contribution in [0.2, 0.25) is 0 Å². The molecule has 0 bridgehead atoms. The van der Waals surface area contributed by atoms with E-state index in [1.54, 1.807) is 0 Å². The second-order valence-corrected chi connectivity index (χ2v) is 4.17. The Morgan fingerprint density at radius 2 is 1.75 bits per heavy atom. The van der Waals surface area contributed by atoms with Crippen molar-refractivity contribution in [3.05, 3.63) is 0 Å². The van der Waals surface area contributed by atoms with Gasteiger partial charge in [0.25, 0.3) is 0 Å². The predicted octanol–water partition coefficient (Wildman–Crippen LogP) is -2.35. The smallest absolute Gasteiger partial charge is 0.470 e. The van der Waals surface area contributed by atoms with Crippen LogP contribution in [0.5, 0.6) is 0 Å². The van der Waals surface area contributed by atoms with E-state index in [4.69, 9.17) is 30.2 Å². The van der Waals surface area contributed by atoms with Crippen LogP contribution in [0.25, 0.3) is 0 Å². The first-order chi connectivity index (χ1) is 7.17. The van der Waals surface area contributed by atoms with E-state index in [2.05, 4.69) is 4.52 Å². The van der Waals surface area contributed by atoms with E-state index in [0.717, 1.165) is 0 Å². The first kappa shape index (κ1) is 15.5. The molecule has 9 nitrogen and oxygen atoms in total. The SMILES string of the molecule is O=C(O)[C@@H](C[C@@H](O)[C@H](O)CO)OP(=O)(O)O. The number of phosphoric ester groups is 1. The van der Waals surface area contributed by atoms with Crippen molar-refractivity contribution in [2.75, 3.05) is 6.61 Å². The molecule has 0 saturated carbocycles. The Morgan fingerprint density at radius 3 is 2.06 bits per heavy atom. The summed E-state index contributed by atoms with van der Waals surface area (Å²) in [4.78, 5) is 27.3. The average molecular weight is 260 g/mol. The molecule has 0 heterocycles. The summed E-state index contributed by atoms with van der Waals surface area (Å²) in [5.74, 6) is -1.70. The summed E-state index contributed by atoms with van der Waals surface area (Å²) in [6.07, 6.45) is -6.01. The Kier molecular flexibility index (Phi) is 6.05. The summed E-state index contributed by atoms with van der Waals surface area (Å²) in [7, 11) is -5.01. The lowest BCUT2D eigenvalue weighted by Gasteiger charge is -2.20. The zero-order chi connectivity index (χ0) is 12.9. The minimum atomic E-state index is -5.01. The molecule has 0 fully saturated rings. The number of rotatable bonds is 7. The lowest BCUT2D eigenvalue weighted by atomic mass is 10.1. The number of phosphoric acid groups is 1. The highest BCUT2D eigenvalue weighted by atomic mass is 31.2. The van der Waals surface area contributed by atoms with Crippen LogP contribution in [0.15, 0.2) is 0 Å². The lowest BCUT2D eigenvalue weighted by molar-refractivity contribution is -0.148. The Balaban J connectivity index is 4.46. The molecule has 3 atom stereocenters. The molecule has 0 spiro atoms. The summed E-state index contributed by atoms with van der Waals surface area (Å²) < 4.78 is 14.3. The molecule has 0 saturated heterocycles. The largest absolute Gasteiger partial charge is 0.479 e. The van der Waals surface area contributed by atoms with Crippen LogP contribution in [-0.4, -0.2) is 61.1 Å². The maximum Gasteiger partial charge on any atom is 0.470 e. The highest BCUT2D eigenvalue weighted by Crippen LogP contribution is 2.38. The molecule has 16 heavy (non-hydrogen) atoms. The van der Waals surface area contributed by atoms with E-state index in [0.29, 0.717) is 0 Å². The van der Waals surface area contributed by atoms with Gasteiger partial charge in [-0.05, 0) is 0 Å². The third kappa shape index (κ3) is 6.13. The molecule has 6 N–H and O–H groups in total. The average Bonchev–Trinajstić information content (AvgIpc) is 2.13. The molecular formula is C6H13O9P. The van der Waals surface area contributed by atoms with Crippen molar-refractivity contribution in [3.63, 3.8) is 0 Å². The molecule has 0 unspecified atom stereocenters. The summed E-state index contributed by atoms with van der Waals surface area (Å²) >= 11 is 0. The normalized spacial score (nSPS) is 17.8. The Morgan fingerprint density at radius 1 is 1.25 bits per heavy atom. The van der Waals surface area contributed by atoms with Crippen LogP contribution >= 0.6 is 7.82 Å². The number of aliphatic hydroxyl groups is 3. The van der Waals surface area contributed by atoms with Gasteiger partial charge in [0.15, 0.2) is 6.10 Å². The van der Waals surface area contributed by atoms with Crippen LogP contribution in [0.3, 0.4) is 0 Å². The van der Waals surface area contributed by atoms with Crippen molar-refractivity contribution >= 4 is 13.8 Å². The summed E-state index contributed by atoms with van der Waals surface area (Å²) in [5.41, 5.74) is 0. The Hall–Kier alpha value is -0.540. The van der Waals surface area contributed by atoms with E-state index < -0.39 is 45.1 Å². The minimum absolute atomic E-state index is 0.762. The molecule has 10 heteroatoms. The van der Waals surface area contributed by atoms with Crippen LogP contribution in [-0.2, 0) is 13.9 Å². The van der Waals surface area contributed by atoms with Gasteiger partial charge in [0.1, 0.15) is 6.10 Å². The van der Waals surface area contributed by atoms with Crippen molar-refractivity contribution in [1.29, 1.82) is 0 Å². The van der Waals surface area contributed by atoms with Gasteiger partial charge in [-0.1, -0.05) is 0 Å². The molecule has 0 aromatic heterocycles. The van der Waals surface area contributed by atoms with Crippen molar-refractivity contribution < 1.29 is 44.1 Å². The zero-order valence-electron chi connectivity index (χ0n) is 8.00. The van der Waals surface area contributed by atoms with E-state index in [1.807, 2.05) is 0 Å². The van der Waals surface area contributed by atoms with Crippen molar-refractivity contribution in [3.8, 4) is 0 Å². The van der Waals surface area contributed by atoms with E-state index >= 15 is 0 Å². The van der Waals surface area contributed by atoms with Gasteiger partial charge in [0.2, 0.25) is 0 Å². The van der Waals surface area contributed by atoms with Gasteiger partial charge in [-0.2, -0.15) is 0 Å². The van der Waals surface area contributed by atoms with Crippen LogP contribution in [0, 0.1) is 0 Å². The maximum atomic E-state index is 10.5. The van der Waals surface area contributed by atoms with Crippen LogP contribution < -0.4 is 0 Å². The quantitative estimate of drug-likeness (QED) is 0.275. The van der Waals surface area contributed by atoms with Gasteiger partial charge >= 0.3 is 13.8 Å². The minimum Gasteiger partial charge on any atom is -0.479 e. The molecule has 0 amide bonds. The van der Waals surface area contributed by atoms with Crippen molar-refractivity contribution in [2.45, 2.75) is 24.7 Å². The number of carbonyl (C=O) groups is 1. The van der Waals surface area contributed by atoms with Crippen molar-refractivity contribution in [1.82, 2.24) is 0 Å². The zero-order valence-corrected chi connectivity index (χ0v) is 8.90. The van der Waals surface area contributed by atoms with Crippen LogP contribution in [0.1, 0.15) is 6.42 Å². The molecule has 0 aliphatic rings. The number of aliphatic hydroxyl groups excluding tert-OH is 3. The predicted molar refractivity (Wildman–Crippen MR) is 48.3 cm³/mol. The Labute approximate surface area is 90.2 Å². The summed E-state index contributed by atoms with van der Waals surface area (Å²) in [6.45, 7) is -0.816. The van der Waals surface area contributed by atoms with E-state index in [-0.39, 0.29) is 0 Å². The molecule has 0 aromatic carbocycles. The molecule has 96 valence electrons. The standard InChI is InChI=1S/C6H13O9P/c7-2-4(9)3(8)1-5(6(10)11)15-16(12,13)14/h3-5,7-9H,1-2H2,(H,10,11)(H2,12,13,14)/t3-,4-,5-/m1/s1. The number of hydrogen-bond donors (Lipinski definition) is 6. The second kappa shape index (κ2) is 6.26. The maximum absolute atomic E-state index is 10.5. The third-order valence-electron chi connectivity index (χ3n) is 1.63. The van der Waals surface area contributed by atoms with Crippen LogP contribution in [0.4, 0.5) is 0 Å². The lowest BCUT2D eigenvalue weighted by Crippen LogP contribution is -2.36. The van der Waals surface area contributed by atoms with Gasteiger partial charge in [0.05, 0.1) is 12.7 Å². The number of aliphatic carboxylic acids is 1. The fraction of sp³-hybridized carbons (Fsp3) is 0.833. The highest BCUT2D eigenvalue weighted by molar-refractivity contribution is 7.46. The molecule has 0 rings (SSSR count). The van der Waals surface area contributed by atoms with Gasteiger partial charge in [-0.3, -0.25) is 4.52 Å². The summed E-state index contributed by atoms with van der Waals surface area (Å²) in [6, 6.07) is 0. The first-order valence-electron chi connectivity index (χ1n) is 4.11. The van der Waals surface area contributed by atoms with Gasteiger partial charge in [-0.15, -0.1) is 0 Å². The third-order valence-corrected chi connectivity index (χ3v) is 2.16. The van der Waals surface area contributed by atoms with E-state index in [1.165, 1.54) is 0 Å². The molecular weight excluding hydrogens is 247 g/mol.